The Kier molecular flexibility index (Phi) is 4.21. The van der Waals surface area contributed by atoms with Gasteiger partial charge < -0.3 is 10.1 Å². The fourth-order valence-corrected chi connectivity index (χ4v) is 1.34. The quantitative estimate of drug-likeness (QED) is 0.578. The van der Waals surface area contributed by atoms with Gasteiger partial charge in [-0.25, -0.2) is 0 Å². The van der Waals surface area contributed by atoms with Crippen molar-refractivity contribution >= 4 is 6.29 Å². The summed E-state index contributed by atoms with van der Waals surface area (Å²) in [5.74, 6) is 0. The zero-order chi connectivity index (χ0) is 8.81. The molecule has 4 heteroatoms. The number of aldehydes is 1. The smallest absolute Gasteiger partial charge is 0.167 e. The Hall–Kier alpha value is -0.450. The van der Waals surface area contributed by atoms with Crippen molar-refractivity contribution in [3.8, 4) is 0 Å². The molecule has 0 spiro atoms. The normalized spacial score (nSPS) is 22.1. The van der Waals surface area contributed by atoms with Gasteiger partial charge in [-0.3, -0.25) is 9.69 Å². The number of ether oxygens (including phenoxy) is 1. The molecule has 1 aliphatic heterocycles. The Morgan fingerprint density at radius 2 is 2.25 bits per heavy atom. The van der Waals surface area contributed by atoms with Crippen molar-refractivity contribution in [1.29, 1.82) is 0 Å². The van der Waals surface area contributed by atoms with Crippen LogP contribution in [0.15, 0.2) is 0 Å². The molecule has 1 rings (SSSR count). The lowest BCUT2D eigenvalue weighted by molar-refractivity contribution is -0.131. The minimum absolute atomic E-state index is 0.336. The van der Waals surface area contributed by atoms with Gasteiger partial charge in [-0.1, -0.05) is 0 Å². The summed E-state index contributed by atoms with van der Waals surface area (Å²) in [6.07, 6.45) is 0.534. The van der Waals surface area contributed by atoms with Crippen LogP contribution in [0.4, 0.5) is 0 Å². The summed E-state index contributed by atoms with van der Waals surface area (Å²) >= 11 is 0. The summed E-state index contributed by atoms with van der Waals surface area (Å²) < 4.78 is 5.26. The summed E-state index contributed by atoms with van der Waals surface area (Å²) in [5, 5.41) is 3.22. The Bertz CT molecular complexity index is 135. The van der Waals surface area contributed by atoms with E-state index in [-0.39, 0.29) is 6.23 Å². The molecule has 70 valence electrons. The highest BCUT2D eigenvalue weighted by atomic mass is 16.5. The van der Waals surface area contributed by atoms with Crippen molar-refractivity contribution in [2.45, 2.75) is 13.2 Å². The van der Waals surface area contributed by atoms with Gasteiger partial charge in [0.15, 0.2) is 12.5 Å². The number of carbonyl (C=O) groups excluding carboxylic acids is 1. The van der Waals surface area contributed by atoms with Gasteiger partial charge >= 0.3 is 0 Å². The van der Waals surface area contributed by atoms with E-state index in [2.05, 4.69) is 5.32 Å². The van der Waals surface area contributed by atoms with Crippen LogP contribution in [0.1, 0.15) is 6.92 Å². The zero-order valence-corrected chi connectivity index (χ0v) is 7.45. The number of nitrogens with zero attached hydrogens (tertiary/aromatic N) is 1. The molecule has 0 aromatic rings. The van der Waals surface area contributed by atoms with Crippen molar-refractivity contribution in [3.05, 3.63) is 0 Å². The third-order valence-electron chi connectivity index (χ3n) is 1.97. The largest absolute Gasteiger partial charge is 0.356 e. The summed E-state index contributed by atoms with van der Waals surface area (Å²) in [4.78, 5) is 12.7. The summed E-state index contributed by atoms with van der Waals surface area (Å²) in [6, 6.07) is 0. The van der Waals surface area contributed by atoms with E-state index in [9.17, 15) is 4.79 Å². The fraction of sp³-hybridized carbons (Fsp3) is 0.875. The molecule has 1 atom stereocenters. The van der Waals surface area contributed by atoms with E-state index in [1.807, 2.05) is 11.8 Å². The molecule has 1 N–H and O–H groups in total. The average Bonchev–Trinajstić information content (AvgIpc) is 2.15. The van der Waals surface area contributed by atoms with Gasteiger partial charge in [0, 0.05) is 32.8 Å². The van der Waals surface area contributed by atoms with Gasteiger partial charge in [0.25, 0.3) is 0 Å². The highest BCUT2D eigenvalue weighted by Crippen LogP contribution is 2.00. The molecule has 12 heavy (non-hydrogen) atoms. The first-order chi connectivity index (χ1) is 5.88. The van der Waals surface area contributed by atoms with Gasteiger partial charge in [0.1, 0.15) is 0 Å². The molecule has 0 saturated carbocycles. The monoisotopic (exact) mass is 172 g/mol. The van der Waals surface area contributed by atoms with E-state index in [1.165, 1.54) is 0 Å². The standard InChI is InChI=1S/C8H16N2O2/c1-2-12-8(7-11)10-5-3-9-4-6-10/h7-9H,2-6H2,1H3. The molecular formula is C8H16N2O2. The van der Waals surface area contributed by atoms with Crippen molar-refractivity contribution in [1.82, 2.24) is 10.2 Å². The molecule has 0 bridgehead atoms. The van der Waals surface area contributed by atoms with Crippen LogP contribution in [0.3, 0.4) is 0 Å². The van der Waals surface area contributed by atoms with Crippen LogP contribution >= 0.6 is 0 Å². The Morgan fingerprint density at radius 3 is 2.75 bits per heavy atom. The highest BCUT2D eigenvalue weighted by Gasteiger charge is 2.19. The van der Waals surface area contributed by atoms with Crippen LogP contribution in [0.5, 0.6) is 0 Å². The summed E-state index contributed by atoms with van der Waals surface area (Å²) in [7, 11) is 0. The minimum atomic E-state index is -0.336. The number of hydrogen-bond donors (Lipinski definition) is 1. The Morgan fingerprint density at radius 1 is 1.58 bits per heavy atom. The van der Waals surface area contributed by atoms with Crippen molar-refractivity contribution in [2.24, 2.45) is 0 Å². The average molecular weight is 172 g/mol. The molecule has 0 aromatic carbocycles. The number of carbonyl (C=O) groups is 1. The fourth-order valence-electron chi connectivity index (χ4n) is 1.34. The lowest BCUT2D eigenvalue weighted by Gasteiger charge is -2.31. The van der Waals surface area contributed by atoms with E-state index < -0.39 is 0 Å². The topological polar surface area (TPSA) is 41.6 Å². The maximum atomic E-state index is 10.6. The number of piperazine rings is 1. The summed E-state index contributed by atoms with van der Waals surface area (Å²) in [6.45, 7) is 6.16. The van der Waals surface area contributed by atoms with Crippen LogP contribution in [0, 0.1) is 0 Å². The molecule has 1 aliphatic rings. The zero-order valence-electron chi connectivity index (χ0n) is 7.45. The molecular weight excluding hydrogens is 156 g/mol. The van der Waals surface area contributed by atoms with Crippen LogP contribution < -0.4 is 5.32 Å². The van der Waals surface area contributed by atoms with Crippen molar-refractivity contribution in [2.75, 3.05) is 32.8 Å². The molecule has 0 aromatic heterocycles. The predicted octanol–water partition coefficient (Wildman–Crippen LogP) is -0.547. The van der Waals surface area contributed by atoms with E-state index >= 15 is 0 Å². The minimum Gasteiger partial charge on any atom is -0.356 e. The second kappa shape index (κ2) is 5.24. The second-order valence-corrected chi connectivity index (χ2v) is 2.77. The van der Waals surface area contributed by atoms with Crippen LogP contribution in [-0.2, 0) is 9.53 Å². The van der Waals surface area contributed by atoms with E-state index in [0.29, 0.717) is 6.61 Å². The number of rotatable bonds is 4. The number of hydrogen-bond acceptors (Lipinski definition) is 4. The third kappa shape index (κ3) is 2.55. The van der Waals surface area contributed by atoms with Crippen LogP contribution in [0.2, 0.25) is 0 Å². The molecule has 4 nitrogen and oxygen atoms in total. The Labute approximate surface area is 72.9 Å². The predicted molar refractivity (Wildman–Crippen MR) is 45.9 cm³/mol. The highest BCUT2D eigenvalue weighted by molar-refractivity contribution is 5.55. The van der Waals surface area contributed by atoms with Crippen LogP contribution in [0.25, 0.3) is 0 Å². The maximum Gasteiger partial charge on any atom is 0.167 e. The van der Waals surface area contributed by atoms with Crippen molar-refractivity contribution in [3.63, 3.8) is 0 Å². The molecule has 1 fully saturated rings. The number of nitrogens with one attached hydrogen (secondary N) is 1. The van der Waals surface area contributed by atoms with Crippen molar-refractivity contribution < 1.29 is 9.53 Å². The van der Waals surface area contributed by atoms with Gasteiger partial charge in [-0.15, -0.1) is 0 Å². The van der Waals surface area contributed by atoms with Gasteiger partial charge in [-0.05, 0) is 6.92 Å². The molecule has 1 unspecified atom stereocenters. The maximum absolute atomic E-state index is 10.6. The van der Waals surface area contributed by atoms with Gasteiger partial charge in [0.05, 0.1) is 0 Å². The molecule has 1 saturated heterocycles. The van der Waals surface area contributed by atoms with E-state index in [1.54, 1.807) is 0 Å². The molecule has 0 aliphatic carbocycles. The lowest BCUT2D eigenvalue weighted by Crippen LogP contribution is -2.49. The second-order valence-electron chi connectivity index (χ2n) is 2.77. The van der Waals surface area contributed by atoms with Gasteiger partial charge in [-0.2, -0.15) is 0 Å². The third-order valence-corrected chi connectivity index (χ3v) is 1.97. The summed E-state index contributed by atoms with van der Waals surface area (Å²) in [5.41, 5.74) is 0. The molecule has 0 radical (unpaired) electrons. The first-order valence-electron chi connectivity index (χ1n) is 4.40. The van der Waals surface area contributed by atoms with E-state index in [4.69, 9.17) is 4.74 Å². The Balaban J connectivity index is 2.34. The van der Waals surface area contributed by atoms with E-state index in [0.717, 1.165) is 32.5 Å². The first-order valence-corrected chi connectivity index (χ1v) is 4.40. The first kappa shape index (κ1) is 9.64. The lowest BCUT2D eigenvalue weighted by atomic mass is 10.3. The molecule has 0 amide bonds. The SMILES string of the molecule is CCOC(C=O)N1CCNCC1. The van der Waals surface area contributed by atoms with Crippen LogP contribution in [-0.4, -0.2) is 50.2 Å². The van der Waals surface area contributed by atoms with Gasteiger partial charge in [0.2, 0.25) is 0 Å². The molecule has 1 heterocycles.